The van der Waals surface area contributed by atoms with Crippen LogP contribution in [-0.4, -0.2) is 32.5 Å². The van der Waals surface area contributed by atoms with E-state index in [1.807, 2.05) is 27.7 Å². The number of nitro groups is 1. The normalized spacial score (nSPS) is 21.7. The third-order valence-corrected chi connectivity index (χ3v) is 6.45. The number of fused-ring (bicyclic) bond motifs is 1. The Kier molecular flexibility index (Phi) is 6.21. The van der Waals surface area contributed by atoms with Crippen LogP contribution in [0.15, 0.2) is 45.1 Å². The molecule has 0 unspecified atom stereocenters. The van der Waals surface area contributed by atoms with E-state index in [9.17, 15) is 24.8 Å². The SMILES string of the molecule is CC1(C)CC(=O)/C(=C(/O)CCc2noc3c2C(=O)CC(C)(C)C3)C(=Nc2ccc([N+](=O)[O-])cc2)C1. The molecule has 0 spiro atoms. The van der Waals surface area contributed by atoms with Gasteiger partial charge < -0.3 is 9.63 Å². The number of allylic oxidation sites excluding steroid dienone is 2. The number of aliphatic hydroxyl groups excluding tert-OH is 1. The Morgan fingerprint density at radius 2 is 1.69 bits per heavy atom. The zero-order valence-corrected chi connectivity index (χ0v) is 20.4. The van der Waals surface area contributed by atoms with E-state index < -0.39 is 4.92 Å². The van der Waals surface area contributed by atoms with Gasteiger partial charge in [-0.05, 0) is 29.4 Å². The van der Waals surface area contributed by atoms with E-state index in [0.717, 1.165) is 0 Å². The Bertz CT molecular complexity index is 1260. The van der Waals surface area contributed by atoms with Gasteiger partial charge in [-0.25, -0.2) is 0 Å². The topological polar surface area (TPSA) is 136 Å². The Balaban J connectivity index is 1.63. The predicted molar refractivity (Wildman–Crippen MR) is 129 cm³/mol. The minimum atomic E-state index is -0.490. The molecule has 2 aliphatic rings. The highest BCUT2D eigenvalue weighted by Gasteiger charge is 2.38. The quantitative estimate of drug-likeness (QED) is 0.253. The Hall–Kier alpha value is -3.62. The number of carbonyl (C=O) groups excluding carboxylic acids is 2. The zero-order valence-electron chi connectivity index (χ0n) is 20.4. The Morgan fingerprint density at radius 3 is 2.34 bits per heavy atom. The highest BCUT2D eigenvalue weighted by molar-refractivity contribution is 6.25. The van der Waals surface area contributed by atoms with Gasteiger partial charge in [0, 0.05) is 44.2 Å². The molecule has 1 saturated carbocycles. The summed E-state index contributed by atoms with van der Waals surface area (Å²) in [5, 5.41) is 26.0. The van der Waals surface area contributed by atoms with Gasteiger partial charge in [0.15, 0.2) is 11.6 Å². The first-order valence-corrected chi connectivity index (χ1v) is 11.6. The van der Waals surface area contributed by atoms with Crippen LogP contribution in [0.5, 0.6) is 0 Å². The molecule has 2 aromatic rings. The van der Waals surface area contributed by atoms with Gasteiger partial charge in [0.25, 0.3) is 5.69 Å². The van der Waals surface area contributed by atoms with E-state index in [2.05, 4.69) is 10.1 Å². The first kappa shape index (κ1) is 24.5. The molecule has 1 aromatic carbocycles. The number of Topliss-reactive ketones (excluding diaryl/α,β-unsaturated/α-hetero) is 2. The number of aliphatic hydroxyl groups is 1. The number of ketones is 2. The van der Waals surface area contributed by atoms with Crippen LogP contribution in [0, 0.1) is 20.9 Å². The number of aliphatic imine (C=N–C) groups is 1. The second-order valence-electron chi connectivity index (χ2n) is 11.0. The molecule has 0 saturated heterocycles. The summed E-state index contributed by atoms with van der Waals surface area (Å²) in [6, 6.07) is 5.73. The molecule has 1 fully saturated rings. The second kappa shape index (κ2) is 8.87. The van der Waals surface area contributed by atoms with Crippen LogP contribution in [0.2, 0.25) is 0 Å². The fourth-order valence-corrected chi connectivity index (χ4v) is 4.87. The third-order valence-electron chi connectivity index (χ3n) is 6.45. The second-order valence-corrected chi connectivity index (χ2v) is 11.0. The van der Waals surface area contributed by atoms with Gasteiger partial charge in [-0.1, -0.05) is 32.9 Å². The van der Waals surface area contributed by atoms with Crippen molar-refractivity contribution in [1.82, 2.24) is 5.16 Å². The number of rotatable bonds is 5. The number of nitrogens with zero attached hydrogens (tertiary/aromatic N) is 3. The van der Waals surface area contributed by atoms with Crippen molar-refractivity contribution in [3.8, 4) is 0 Å². The summed E-state index contributed by atoms with van der Waals surface area (Å²) in [5.41, 5.74) is 1.48. The van der Waals surface area contributed by atoms with Crippen LogP contribution in [0.1, 0.15) is 75.2 Å². The van der Waals surface area contributed by atoms with Crippen LogP contribution in [0.3, 0.4) is 0 Å². The van der Waals surface area contributed by atoms with E-state index in [1.165, 1.54) is 24.3 Å². The lowest BCUT2D eigenvalue weighted by Gasteiger charge is -2.31. The molecule has 0 bridgehead atoms. The monoisotopic (exact) mass is 479 g/mol. The molecule has 9 nitrogen and oxygen atoms in total. The van der Waals surface area contributed by atoms with E-state index in [1.54, 1.807) is 0 Å². The number of benzene rings is 1. The summed E-state index contributed by atoms with van der Waals surface area (Å²) in [7, 11) is 0. The van der Waals surface area contributed by atoms with Gasteiger partial charge in [-0.3, -0.25) is 24.7 Å². The molecular formula is C26H29N3O6. The smallest absolute Gasteiger partial charge is 0.269 e. The fourth-order valence-electron chi connectivity index (χ4n) is 4.87. The van der Waals surface area contributed by atoms with Crippen molar-refractivity contribution >= 4 is 28.7 Å². The van der Waals surface area contributed by atoms with Gasteiger partial charge in [0.05, 0.1) is 33.2 Å². The molecule has 0 atom stereocenters. The maximum absolute atomic E-state index is 13.0. The van der Waals surface area contributed by atoms with E-state index in [0.29, 0.717) is 47.7 Å². The zero-order chi connectivity index (χ0) is 25.5. The molecule has 9 heteroatoms. The number of aryl methyl sites for hydroxylation is 1. The molecule has 1 aromatic heterocycles. The molecule has 0 aliphatic heterocycles. The van der Waals surface area contributed by atoms with Crippen LogP contribution in [0.4, 0.5) is 11.4 Å². The molecule has 4 rings (SSSR count). The highest BCUT2D eigenvalue weighted by Crippen LogP contribution is 2.38. The van der Waals surface area contributed by atoms with Gasteiger partial charge in [-0.2, -0.15) is 0 Å². The number of carbonyl (C=O) groups is 2. The van der Waals surface area contributed by atoms with Crippen LogP contribution in [-0.2, 0) is 17.6 Å². The number of hydrogen-bond donors (Lipinski definition) is 1. The van der Waals surface area contributed by atoms with Crippen LogP contribution < -0.4 is 0 Å². The van der Waals surface area contributed by atoms with Crippen molar-refractivity contribution in [3.05, 3.63) is 62.7 Å². The fraction of sp³-hybridized carbons (Fsp3) is 0.462. The van der Waals surface area contributed by atoms with Gasteiger partial charge in [0.2, 0.25) is 0 Å². The van der Waals surface area contributed by atoms with E-state index in [-0.39, 0.29) is 58.7 Å². The van der Waals surface area contributed by atoms with Gasteiger partial charge in [0.1, 0.15) is 11.5 Å². The predicted octanol–water partition coefficient (Wildman–Crippen LogP) is 5.64. The average molecular weight is 480 g/mol. The van der Waals surface area contributed by atoms with Crippen LogP contribution >= 0.6 is 0 Å². The molecule has 0 amide bonds. The summed E-state index contributed by atoms with van der Waals surface area (Å²) in [6.45, 7) is 7.93. The lowest BCUT2D eigenvalue weighted by atomic mass is 9.73. The number of aromatic nitrogens is 1. The summed E-state index contributed by atoms with van der Waals surface area (Å²) in [5.74, 6) is 0.241. The maximum Gasteiger partial charge on any atom is 0.269 e. The van der Waals surface area contributed by atoms with Crippen LogP contribution in [0.25, 0.3) is 0 Å². The summed E-state index contributed by atoms with van der Waals surface area (Å²) in [6.07, 6.45) is 2.10. The maximum atomic E-state index is 13.0. The molecule has 35 heavy (non-hydrogen) atoms. The molecule has 2 aliphatic carbocycles. The molecule has 184 valence electrons. The summed E-state index contributed by atoms with van der Waals surface area (Å²) < 4.78 is 5.44. The Labute approximate surface area is 203 Å². The number of hydrogen-bond acceptors (Lipinski definition) is 8. The minimum absolute atomic E-state index is 0.0180. The number of non-ortho nitro benzene ring substituents is 1. The number of nitro benzene ring substituents is 1. The average Bonchev–Trinajstić information content (AvgIpc) is 3.13. The summed E-state index contributed by atoms with van der Waals surface area (Å²) >= 11 is 0. The lowest BCUT2D eigenvalue weighted by molar-refractivity contribution is -0.384. The van der Waals surface area contributed by atoms with Gasteiger partial charge >= 0.3 is 0 Å². The van der Waals surface area contributed by atoms with Crippen molar-refractivity contribution in [2.45, 2.75) is 66.2 Å². The third kappa shape index (κ3) is 5.23. The standard InChI is InChI=1S/C26H29N3O6/c1-25(2)11-18(27-15-5-7-16(8-6-15)29(33)34)23(20(31)12-25)19(30)10-9-17-24-21(32)13-26(3,4)14-22(24)35-28-17/h5-8,30H,9-14H2,1-4H3/b23-19+,27-18?. The summed E-state index contributed by atoms with van der Waals surface area (Å²) in [4.78, 5) is 40.7. The van der Waals surface area contributed by atoms with Crippen molar-refractivity contribution in [2.24, 2.45) is 15.8 Å². The molecule has 1 heterocycles. The van der Waals surface area contributed by atoms with E-state index in [4.69, 9.17) is 4.52 Å². The van der Waals surface area contributed by atoms with Crippen molar-refractivity contribution in [3.63, 3.8) is 0 Å². The largest absolute Gasteiger partial charge is 0.511 e. The highest BCUT2D eigenvalue weighted by atomic mass is 16.6. The van der Waals surface area contributed by atoms with Crippen molar-refractivity contribution < 1.29 is 24.1 Å². The van der Waals surface area contributed by atoms with Crippen molar-refractivity contribution in [1.29, 1.82) is 0 Å². The molecule has 1 N–H and O–H groups in total. The molecular weight excluding hydrogens is 450 g/mol. The molecule has 0 radical (unpaired) electrons. The Morgan fingerprint density at radius 1 is 1.06 bits per heavy atom. The first-order valence-electron chi connectivity index (χ1n) is 11.6. The van der Waals surface area contributed by atoms with Gasteiger partial charge in [-0.15, -0.1) is 0 Å². The minimum Gasteiger partial charge on any atom is -0.511 e. The van der Waals surface area contributed by atoms with E-state index >= 15 is 0 Å². The first-order chi connectivity index (χ1) is 16.3. The lowest BCUT2D eigenvalue weighted by Crippen LogP contribution is -2.32. The van der Waals surface area contributed by atoms with Crippen molar-refractivity contribution in [2.75, 3.05) is 0 Å².